The van der Waals surface area contributed by atoms with E-state index in [1.807, 2.05) is 0 Å². The van der Waals surface area contributed by atoms with Crippen LogP contribution in [0, 0.1) is 0 Å². The number of nitrogens with zero attached hydrogens (tertiary/aromatic N) is 1. The molecule has 2 heterocycles. The zero-order valence-electron chi connectivity index (χ0n) is 8.30. The number of rotatable bonds is 1. The summed E-state index contributed by atoms with van der Waals surface area (Å²) in [5.41, 5.74) is 11.4. The number of nitrogens with two attached hydrogens (primary N) is 2. The standard InChI is InChI=1S/C9H15N3O3/c10-4-1-2-6-5(11)3-7(9(14)15)12(6)8(4)13/h4-7H,1-3,10-11H2,(H,14,15). The van der Waals surface area contributed by atoms with Gasteiger partial charge in [0.1, 0.15) is 6.04 Å². The first-order valence-electron chi connectivity index (χ1n) is 5.08. The van der Waals surface area contributed by atoms with Gasteiger partial charge >= 0.3 is 5.97 Å². The van der Waals surface area contributed by atoms with Gasteiger partial charge in [0.25, 0.3) is 0 Å². The van der Waals surface area contributed by atoms with E-state index in [2.05, 4.69) is 0 Å². The first kappa shape index (κ1) is 10.4. The molecule has 0 radical (unpaired) electrons. The fourth-order valence-corrected chi connectivity index (χ4v) is 2.52. The molecule has 0 bridgehead atoms. The lowest BCUT2D eigenvalue weighted by Gasteiger charge is -2.36. The number of hydrogen-bond acceptors (Lipinski definition) is 4. The van der Waals surface area contributed by atoms with Gasteiger partial charge in [-0.3, -0.25) is 4.79 Å². The van der Waals surface area contributed by atoms with Crippen LogP contribution in [0.25, 0.3) is 0 Å². The molecule has 2 aliphatic rings. The van der Waals surface area contributed by atoms with Gasteiger partial charge in [0, 0.05) is 12.1 Å². The van der Waals surface area contributed by atoms with E-state index in [0.29, 0.717) is 19.3 Å². The Morgan fingerprint density at radius 1 is 1.40 bits per heavy atom. The Balaban J connectivity index is 2.26. The summed E-state index contributed by atoms with van der Waals surface area (Å²) in [5, 5.41) is 8.98. The van der Waals surface area contributed by atoms with Crippen molar-refractivity contribution in [2.45, 2.75) is 43.4 Å². The second-order valence-electron chi connectivity index (χ2n) is 4.25. The topological polar surface area (TPSA) is 110 Å². The van der Waals surface area contributed by atoms with E-state index in [1.54, 1.807) is 0 Å². The Labute approximate surface area is 87.2 Å². The first-order valence-corrected chi connectivity index (χ1v) is 5.08. The molecule has 6 nitrogen and oxygen atoms in total. The Kier molecular flexibility index (Phi) is 2.40. The molecule has 2 aliphatic heterocycles. The molecule has 0 aromatic heterocycles. The third kappa shape index (κ3) is 1.49. The molecule has 2 rings (SSSR count). The fraction of sp³-hybridized carbons (Fsp3) is 0.778. The number of carboxylic acid groups (broad SMARTS) is 1. The van der Waals surface area contributed by atoms with E-state index in [9.17, 15) is 9.59 Å². The van der Waals surface area contributed by atoms with Crippen molar-refractivity contribution in [3.8, 4) is 0 Å². The summed E-state index contributed by atoms with van der Waals surface area (Å²) in [5.74, 6) is -1.26. The highest BCUT2D eigenvalue weighted by atomic mass is 16.4. The van der Waals surface area contributed by atoms with Gasteiger partial charge in [-0.05, 0) is 19.3 Å². The summed E-state index contributed by atoms with van der Waals surface area (Å²) in [6.07, 6.45) is 1.64. The number of aliphatic carboxylic acids is 1. The molecule has 2 saturated heterocycles. The van der Waals surface area contributed by atoms with Crippen molar-refractivity contribution in [1.29, 1.82) is 0 Å². The lowest BCUT2D eigenvalue weighted by atomic mass is 9.96. The van der Waals surface area contributed by atoms with Crippen LogP contribution in [0.5, 0.6) is 0 Å². The second kappa shape index (κ2) is 3.46. The molecule has 4 unspecified atom stereocenters. The Bertz CT molecular complexity index is 307. The van der Waals surface area contributed by atoms with Crippen LogP contribution in [0.1, 0.15) is 19.3 Å². The van der Waals surface area contributed by atoms with Gasteiger partial charge in [0.15, 0.2) is 0 Å². The molecule has 0 aromatic rings. The summed E-state index contributed by atoms with van der Waals surface area (Å²) in [6, 6.07) is -1.72. The van der Waals surface area contributed by atoms with Crippen LogP contribution in [0.4, 0.5) is 0 Å². The molecular weight excluding hydrogens is 198 g/mol. The van der Waals surface area contributed by atoms with Crippen LogP contribution in [0.3, 0.4) is 0 Å². The van der Waals surface area contributed by atoms with Crippen molar-refractivity contribution >= 4 is 11.9 Å². The van der Waals surface area contributed by atoms with E-state index in [-0.39, 0.29) is 18.0 Å². The van der Waals surface area contributed by atoms with E-state index in [4.69, 9.17) is 16.6 Å². The maximum Gasteiger partial charge on any atom is 0.326 e. The van der Waals surface area contributed by atoms with Gasteiger partial charge in [-0.25, -0.2) is 4.79 Å². The summed E-state index contributed by atoms with van der Waals surface area (Å²) in [7, 11) is 0. The molecule has 1 amide bonds. The van der Waals surface area contributed by atoms with Gasteiger partial charge in [-0.15, -0.1) is 0 Å². The van der Waals surface area contributed by atoms with E-state index >= 15 is 0 Å². The minimum Gasteiger partial charge on any atom is -0.480 e. The molecule has 84 valence electrons. The third-order valence-corrected chi connectivity index (χ3v) is 3.31. The molecule has 0 saturated carbocycles. The molecular formula is C9H15N3O3. The lowest BCUT2D eigenvalue weighted by Crippen LogP contribution is -2.57. The molecule has 0 aromatic carbocycles. The van der Waals surface area contributed by atoms with E-state index < -0.39 is 18.1 Å². The van der Waals surface area contributed by atoms with Gasteiger partial charge in [0.05, 0.1) is 6.04 Å². The number of carbonyl (C=O) groups excluding carboxylic acids is 1. The summed E-state index contributed by atoms with van der Waals surface area (Å²) >= 11 is 0. The van der Waals surface area contributed by atoms with Crippen molar-refractivity contribution in [3.05, 3.63) is 0 Å². The monoisotopic (exact) mass is 213 g/mol. The maximum atomic E-state index is 11.7. The Morgan fingerprint density at radius 2 is 2.07 bits per heavy atom. The zero-order valence-corrected chi connectivity index (χ0v) is 8.30. The number of amides is 1. The van der Waals surface area contributed by atoms with Crippen LogP contribution in [-0.4, -0.2) is 46.1 Å². The number of carboxylic acids is 1. The van der Waals surface area contributed by atoms with Gasteiger partial charge in [-0.1, -0.05) is 0 Å². The number of carbonyl (C=O) groups is 2. The largest absolute Gasteiger partial charge is 0.480 e. The van der Waals surface area contributed by atoms with Crippen LogP contribution in [0.2, 0.25) is 0 Å². The van der Waals surface area contributed by atoms with Crippen LogP contribution >= 0.6 is 0 Å². The summed E-state index contributed by atoms with van der Waals surface area (Å²) in [6.45, 7) is 0. The minimum atomic E-state index is -0.990. The highest BCUT2D eigenvalue weighted by molar-refractivity contribution is 5.88. The van der Waals surface area contributed by atoms with E-state index in [0.717, 1.165) is 0 Å². The molecule has 0 spiro atoms. The van der Waals surface area contributed by atoms with Crippen molar-refractivity contribution in [2.24, 2.45) is 11.5 Å². The Morgan fingerprint density at radius 3 is 2.67 bits per heavy atom. The zero-order chi connectivity index (χ0) is 11.2. The lowest BCUT2D eigenvalue weighted by molar-refractivity contribution is -0.151. The predicted octanol–water partition coefficient (Wildman–Crippen LogP) is -1.51. The van der Waals surface area contributed by atoms with Gasteiger partial charge in [-0.2, -0.15) is 0 Å². The molecule has 4 atom stereocenters. The summed E-state index contributed by atoms with van der Waals surface area (Å²) < 4.78 is 0. The predicted molar refractivity (Wildman–Crippen MR) is 51.9 cm³/mol. The summed E-state index contributed by atoms with van der Waals surface area (Å²) in [4.78, 5) is 24.1. The van der Waals surface area contributed by atoms with Gasteiger partial charge < -0.3 is 21.5 Å². The van der Waals surface area contributed by atoms with Crippen LogP contribution in [-0.2, 0) is 9.59 Å². The fourth-order valence-electron chi connectivity index (χ4n) is 2.52. The molecule has 6 heteroatoms. The minimum absolute atomic E-state index is 0.140. The maximum absolute atomic E-state index is 11.7. The smallest absolute Gasteiger partial charge is 0.326 e. The van der Waals surface area contributed by atoms with Crippen molar-refractivity contribution in [2.75, 3.05) is 0 Å². The van der Waals surface area contributed by atoms with Crippen molar-refractivity contribution < 1.29 is 14.7 Å². The van der Waals surface area contributed by atoms with Crippen molar-refractivity contribution in [3.63, 3.8) is 0 Å². The van der Waals surface area contributed by atoms with Gasteiger partial charge in [0.2, 0.25) is 5.91 Å². The number of fused-ring (bicyclic) bond motifs is 1. The molecule has 15 heavy (non-hydrogen) atoms. The molecule has 0 aliphatic carbocycles. The normalized spacial score (nSPS) is 40.4. The van der Waals surface area contributed by atoms with E-state index in [1.165, 1.54) is 4.90 Å². The molecule has 2 fully saturated rings. The Hall–Kier alpha value is -1.14. The average Bonchev–Trinajstić information content (AvgIpc) is 2.50. The van der Waals surface area contributed by atoms with Crippen LogP contribution < -0.4 is 11.5 Å². The highest BCUT2D eigenvalue weighted by Crippen LogP contribution is 2.31. The third-order valence-electron chi connectivity index (χ3n) is 3.31. The van der Waals surface area contributed by atoms with Crippen LogP contribution in [0.15, 0.2) is 0 Å². The SMILES string of the molecule is NC1CCC2C(N)CC(C(=O)O)N2C1=O. The highest BCUT2D eigenvalue weighted by Gasteiger charge is 2.48. The average molecular weight is 213 g/mol. The second-order valence-corrected chi connectivity index (χ2v) is 4.25. The number of hydrogen-bond donors (Lipinski definition) is 3. The first-order chi connectivity index (χ1) is 7.02. The molecule has 5 N–H and O–H groups in total. The number of piperidine rings is 1. The van der Waals surface area contributed by atoms with Crippen molar-refractivity contribution in [1.82, 2.24) is 4.90 Å². The quantitative estimate of drug-likeness (QED) is 0.490.